The number of nitrogens with zero attached hydrogens (tertiary/aromatic N) is 2. The maximum absolute atomic E-state index is 11.3. The second-order valence-electron chi connectivity index (χ2n) is 3.45. The van der Waals surface area contributed by atoms with Crippen molar-refractivity contribution < 1.29 is 9.53 Å². The van der Waals surface area contributed by atoms with Crippen LogP contribution in [0.1, 0.15) is 12.1 Å². The number of esters is 1. The average molecular weight is 205 g/mol. The summed E-state index contributed by atoms with van der Waals surface area (Å²) in [5, 5.41) is 4.00. The van der Waals surface area contributed by atoms with Crippen molar-refractivity contribution in [2.45, 2.75) is 18.9 Å². The Morgan fingerprint density at radius 2 is 2.40 bits per heavy atom. The van der Waals surface area contributed by atoms with Crippen LogP contribution in [0, 0.1) is 0 Å². The molecule has 1 aromatic heterocycles. The molecule has 79 valence electrons. The molecule has 0 spiro atoms. The number of hydrogen-bond acceptors (Lipinski definition) is 3. The molecular weight excluding hydrogens is 192 g/mol. The molecular formula is C11H13N2O2. The lowest BCUT2D eigenvalue weighted by molar-refractivity contribution is -0.148. The Morgan fingerprint density at radius 1 is 1.53 bits per heavy atom. The molecule has 1 aliphatic heterocycles. The van der Waals surface area contributed by atoms with Crippen molar-refractivity contribution in [2.24, 2.45) is 0 Å². The van der Waals surface area contributed by atoms with E-state index in [1.165, 1.54) is 0 Å². The zero-order valence-corrected chi connectivity index (χ0v) is 8.43. The molecule has 15 heavy (non-hydrogen) atoms. The lowest BCUT2D eigenvalue weighted by Crippen LogP contribution is -2.43. The number of carbonyl (C=O) groups excluding carboxylic acids is 1. The van der Waals surface area contributed by atoms with Crippen LogP contribution in [0.15, 0.2) is 24.4 Å². The zero-order valence-electron chi connectivity index (χ0n) is 8.43. The van der Waals surface area contributed by atoms with Gasteiger partial charge < -0.3 is 4.74 Å². The number of aromatic nitrogens is 1. The Hall–Kier alpha value is -1.42. The van der Waals surface area contributed by atoms with Gasteiger partial charge in [-0.1, -0.05) is 6.07 Å². The first-order chi connectivity index (χ1) is 7.36. The predicted octanol–water partition coefficient (Wildman–Crippen LogP) is 0.544. The van der Waals surface area contributed by atoms with E-state index < -0.39 is 0 Å². The lowest BCUT2D eigenvalue weighted by Gasteiger charge is -2.22. The van der Waals surface area contributed by atoms with Gasteiger partial charge in [0.2, 0.25) is 0 Å². The predicted molar refractivity (Wildman–Crippen MR) is 54.3 cm³/mol. The van der Waals surface area contributed by atoms with Crippen LogP contribution < -0.4 is 5.32 Å². The van der Waals surface area contributed by atoms with E-state index in [0.717, 1.165) is 18.7 Å². The van der Waals surface area contributed by atoms with E-state index in [1.807, 2.05) is 18.2 Å². The summed E-state index contributed by atoms with van der Waals surface area (Å²) in [5.74, 6) is -0.197. The molecule has 1 saturated heterocycles. The summed E-state index contributed by atoms with van der Waals surface area (Å²) in [6.45, 7) is 1.18. The zero-order chi connectivity index (χ0) is 10.5. The third-order valence-electron chi connectivity index (χ3n) is 2.35. The van der Waals surface area contributed by atoms with Crippen molar-refractivity contribution >= 4 is 5.97 Å². The fourth-order valence-corrected chi connectivity index (χ4v) is 1.35. The van der Waals surface area contributed by atoms with E-state index in [0.29, 0.717) is 13.0 Å². The fourth-order valence-electron chi connectivity index (χ4n) is 1.35. The van der Waals surface area contributed by atoms with E-state index in [9.17, 15) is 4.79 Å². The lowest BCUT2D eigenvalue weighted by atomic mass is 10.1. The second-order valence-corrected chi connectivity index (χ2v) is 3.45. The van der Waals surface area contributed by atoms with E-state index in [2.05, 4.69) is 10.3 Å². The monoisotopic (exact) mass is 205 g/mol. The maximum atomic E-state index is 11.3. The van der Waals surface area contributed by atoms with Crippen molar-refractivity contribution in [1.29, 1.82) is 0 Å². The molecule has 1 atom stereocenters. The van der Waals surface area contributed by atoms with Gasteiger partial charge in [0, 0.05) is 24.9 Å². The third-order valence-corrected chi connectivity index (χ3v) is 2.35. The molecule has 2 heterocycles. The highest BCUT2D eigenvalue weighted by Gasteiger charge is 2.27. The van der Waals surface area contributed by atoms with Gasteiger partial charge in [-0.15, -0.1) is 0 Å². The first-order valence-electron chi connectivity index (χ1n) is 5.09. The fraction of sp³-hybridized carbons (Fsp3) is 0.455. The van der Waals surface area contributed by atoms with Crippen molar-refractivity contribution in [3.63, 3.8) is 0 Å². The molecule has 0 N–H and O–H groups in total. The Bertz CT molecular complexity index is 323. The topological polar surface area (TPSA) is 53.3 Å². The van der Waals surface area contributed by atoms with Crippen LogP contribution in [0.5, 0.6) is 0 Å². The molecule has 0 aliphatic carbocycles. The molecule has 1 radical (unpaired) electrons. The number of pyridine rings is 1. The first kappa shape index (κ1) is 10.1. The van der Waals surface area contributed by atoms with Crippen molar-refractivity contribution in [2.75, 3.05) is 13.2 Å². The van der Waals surface area contributed by atoms with Gasteiger partial charge in [0.15, 0.2) is 0 Å². The van der Waals surface area contributed by atoms with Crippen LogP contribution in [0.4, 0.5) is 0 Å². The smallest absolute Gasteiger partial charge is 0.324 e. The van der Waals surface area contributed by atoms with Crippen LogP contribution in [0.25, 0.3) is 0 Å². The molecule has 4 nitrogen and oxygen atoms in total. The van der Waals surface area contributed by atoms with E-state index in [-0.39, 0.29) is 12.0 Å². The SMILES string of the molecule is O=C(OCCc1ccccn1)C1CC[N]1. The molecule has 4 heteroatoms. The highest BCUT2D eigenvalue weighted by Crippen LogP contribution is 2.06. The van der Waals surface area contributed by atoms with E-state index in [1.54, 1.807) is 6.20 Å². The van der Waals surface area contributed by atoms with Gasteiger partial charge in [0.25, 0.3) is 0 Å². The molecule has 1 aromatic rings. The normalized spacial score (nSPS) is 19.3. The van der Waals surface area contributed by atoms with Gasteiger partial charge in [-0.05, 0) is 18.6 Å². The summed E-state index contributed by atoms with van der Waals surface area (Å²) < 4.78 is 5.08. The molecule has 1 aliphatic rings. The highest BCUT2D eigenvalue weighted by atomic mass is 16.5. The number of carbonyl (C=O) groups is 1. The van der Waals surface area contributed by atoms with Gasteiger partial charge in [-0.2, -0.15) is 0 Å². The Kier molecular flexibility index (Phi) is 3.29. The Labute approximate surface area is 88.7 Å². The summed E-state index contributed by atoms with van der Waals surface area (Å²) in [7, 11) is 0. The van der Waals surface area contributed by atoms with Crippen molar-refractivity contribution in [1.82, 2.24) is 10.3 Å². The minimum Gasteiger partial charge on any atom is -0.464 e. The van der Waals surface area contributed by atoms with Gasteiger partial charge in [0.05, 0.1) is 6.61 Å². The summed E-state index contributed by atoms with van der Waals surface area (Å²) in [6, 6.07) is 5.50. The first-order valence-corrected chi connectivity index (χ1v) is 5.09. The van der Waals surface area contributed by atoms with Crippen LogP contribution in [-0.4, -0.2) is 30.1 Å². The van der Waals surface area contributed by atoms with Gasteiger partial charge in [-0.3, -0.25) is 9.78 Å². The average Bonchev–Trinajstić information content (AvgIpc) is 2.16. The third kappa shape index (κ3) is 2.76. The van der Waals surface area contributed by atoms with E-state index in [4.69, 9.17) is 4.74 Å². The minimum absolute atomic E-state index is 0.197. The largest absolute Gasteiger partial charge is 0.464 e. The summed E-state index contributed by atoms with van der Waals surface area (Å²) in [4.78, 5) is 15.4. The molecule has 0 amide bonds. The van der Waals surface area contributed by atoms with Crippen LogP contribution in [0.2, 0.25) is 0 Å². The quantitative estimate of drug-likeness (QED) is 0.674. The van der Waals surface area contributed by atoms with Crippen molar-refractivity contribution in [3.8, 4) is 0 Å². The molecule has 0 bridgehead atoms. The van der Waals surface area contributed by atoms with Crippen LogP contribution in [0.3, 0.4) is 0 Å². The van der Waals surface area contributed by atoms with Crippen LogP contribution in [-0.2, 0) is 16.0 Å². The summed E-state index contributed by atoms with van der Waals surface area (Å²) >= 11 is 0. The molecule has 1 fully saturated rings. The van der Waals surface area contributed by atoms with Crippen molar-refractivity contribution in [3.05, 3.63) is 30.1 Å². The van der Waals surface area contributed by atoms with Gasteiger partial charge in [0.1, 0.15) is 6.04 Å². The molecule has 0 aromatic carbocycles. The molecule has 0 saturated carbocycles. The maximum Gasteiger partial charge on any atom is 0.324 e. The number of hydrogen-bond donors (Lipinski definition) is 0. The molecule has 2 rings (SSSR count). The van der Waals surface area contributed by atoms with Crippen LogP contribution >= 0.6 is 0 Å². The summed E-state index contributed by atoms with van der Waals surface area (Å²) in [6.07, 6.45) is 3.24. The van der Waals surface area contributed by atoms with Gasteiger partial charge in [-0.25, -0.2) is 5.32 Å². The Morgan fingerprint density at radius 3 is 3.00 bits per heavy atom. The second kappa shape index (κ2) is 4.89. The van der Waals surface area contributed by atoms with E-state index >= 15 is 0 Å². The molecule has 1 unspecified atom stereocenters. The number of rotatable bonds is 4. The standard InChI is InChI=1S/C11H13N2O2/c14-11(10-4-7-13-10)15-8-5-9-3-1-2-6-12-9/h1-3,6,10H,4-5,7-8H2. The van der Waals surface area contributed by atoms with Gasteiger partial charge >= 0.3 is 5.97 Å². The number of ether oxygens (including phenoxy) is 1. The highest BCUT2D eigenvalue weighted by molar-refractivity contribution is 5.76. The Balaban J connectivity index is 1.68. The summed E-state index contributed by atoms with van der Waals surface area (Å²) in [5.41, 5.74) is 0.941. The minimum atomic E-state index is -0.200.